The van der Waals surface area contributed by atoms with Crippen LogP contribution in [0.3, 0.4) is 0 Å². The third kappa shape index (κ3) is 3.26. The van der Waals surface area contributed by atoms with E-state index >= 15 is 0 Å². The van der Waals surface area contributed by atoms with Crippen LogP contribution in [-0.4, -0.2) is 22.5 Å². The monoisotopic (exact) mass is 311 g/mol. The topological polar surface area (TPSA) is 64.1 Å². The summed E-state index contributed by atoms with van der Waals surface area (Å²) in [6.45, 7) is 1.95. The first-order chi connectivity index (χ1) is 11.2. The Balaban J connectivity index is 2.08. The maximum atomic E-state index is 13.3. The van der Waals surface area contributed by atoms with Crippen LogP contribution in [0.5, 0.6) is 0 Å². The average Bonchev–Trinajstić information content (AvgIpc) is 2.55. The van der Waals surface area contributed by atoms with Gasteiger partial charge < -0.3 is 10.1 Å². The molecule has 5 nitrogen and oxygen atoms in total. The Morgan fingerprint density at radius 1 is 1.17 bits per heavy atom. The number of hydrogen-bond acceptors (Lipinski definition) is 5. The number of aromatic nitrogens is 2. The predicted octanol–water partition coefficient (Wildman–Crippen LogP) is 3.69. The Bertz CT molecular complexity index is 867. The second-order valence-electron chi connectivity index (χ2n) is 4.77. The molecular weight excluding hydrogens is 297 g/mol. The number of nitrogens with one attached hydrogen (secondary N) is 1. The molecule has 23 heavy (non-hydrogen) atoms. The average molecular weight is 311 g/mol. The summed E-state index contributed by atoms with van der Waals surface area (Å²) in [5, 5.41) is 3.75. The summed E-state index contributed by atoms with van der Waals surface area (Å²) in [5.74, 6) is -0.576. The number of rotatable bonds is 4. The normalized spacial score (nSPS) is 10.5. The first-order valence-electron chi connectivity index (χ1n) is 7.14. The van der Waals surface area contributed by atoms with Crippen LogP contribution in [0.2, 0.25) is 0 Å². The van der Waals surface area contributed by atoms with Crippen LogP contribution in [0.25, 0.3) is 10.9 Å². The number of carbonyl (C=O) groups is 1. The molecule has 0 radical (unpaired) electrons. The van der Waals surface area contributed by atoms with Gasteiger partial charge in [-0.25, -0.2) is 19.2 Å². The van der Waals surface area contributed by atoms with Gasteiger partial charge in [0, 0.05) is 11.1 Å². The molecule has 116 valence electrons. The third-order valence-electron chi connectivity index (χ3n) is 3.15. The number of esters is 1. The Labute approximate surface area is 132 Å². The lowest BCUT2D eigenvalue weighted by molar-refractivity contribution is 0.0512. The number of fused-ring (bicyclic) bond motifs is 1. The molecule has 0 bridgehead atoms. The standard InChI is InChI=1S/C17H14FN3O2/c1-2-23-17(22)16-20-14-9-4-3-8-13(14)15(21-16)19-12-7-5-6-11(18)10-12/h3-10H,2H2,1H3,(H,19,20,21). The van der Waals surface area contributed by atoms with Gasteiger partial charge in [-0.05, 0) is 37.3 Å². The summed E-state index contributed by atoms with van der Waals surface area (Å²) in [5.41, 5.74) is 1.13. The lowest BCUT2D eigenvalue weighted by atomic mass is 10.2. The Morgan fingerprint density at radius 3 is 2.78 bits per heavy atom. The highest BCUT2D eigenvalue weighted by Gasteiger charge is 2.15. The van der Waals surface area contributed by atoms with E-state index in [2.05, 4.69) is 15.3 Å². The first kappa shape index (κ1) is 14.9. The minimum absolute atomic E-state index is 0.0375. The van der Waals surface area contributed by atoms with Gasteiger partial charge in [-0.15, -0.1) is 0 Å². The minimum Gasteiger partial charge on any atom is -0.460 e. The van der Waals surface area contributed by atoms with Crippen molar-refractivity contribution in [1.29, 1.82) is 0 Å². The van der Waals surface area contributed by atoms with E-state index < -0.39 is 5.97 Å². The molecule has 2 aromatic carbocycles. The van der Waals surface area contributed by atoms with Gasteiger partial charge in [0.1, 0.15) is 11.6 Å². The van der Waals surface area contributed by atoms with Gasteiger partial charge in [0.15, 0.2) is 0 Å². The highest BCUT2D eigenvalue weighted by atomic mass is 19.1. The number of halogens is 1. The molecule has 0 amide bonds. The lowest BCUT2D eigenvalue weighted by Gasteiger charge is -2.10. The van der Waals surface area contributed by atoms with Crippen molar-refractivity contribution < 1.29 is 13.9 Å². The van der Waals surface area contributed by atoms with E-state index in [4.69, 9.17) is 4.74 Å². The largest absolute Gasteiger partial charge is 0.460 e. The van der Waals surface area contributed by atoms with Crippen molar-refractivity contribution in [2.24, 2.45) is 0 Å². The van der Waals surface area contributed by atoms with Gasteiger partial charge in [0.2, 0.25) is 5.82 Å². The van der Waals surface area contributed by atoms with Crippen molar-refractivity contribution in [3.05, 3.63) is 60.2 Å². The smallest absolute Gasteiger partial charge is 0.376 e. The van der Waals surface area contributed by atoms with Gasteiger partial charge in [0.25, 0.3) is 0 Å². The summed E-state index contributed by atoms with van der Waals surface area (Å²) in [4.78, 5) is 20.4. The number of hydrogen-bond donors (Lipinski definition) is 1. The number of anilines is 2. The van der Waals surface area contributed by atoms with Crippen LogP contribution >= 0.6 is 0 Å². The summed E-state index contributed by atoms with van der Waals surface area (Å²) in [6.07, 6.45) is 0. The van der Waals surface area contributed by atoms with Crippen LogP contribution in [0, 0.1) is 5.82 Å². The van der Waals surface area contributed by atoms with Gasteiger partial charge in [-0.3, -0.25) is 0 Å². The van der Waals surface area contributed by atoms with Gasteiger partial charge in [-0.1, -0.05) is 18.2 Å². The number of nitrogens with zero attached hydrogens (tertiary/aromatic N) is 2. The predicted molar refractivity (Wildman–Crippen MR) is 85.2 cm³/mol. The molecular formula is C17H14FN3O2. The molecule has 0 aliphatic carbocycles. The van der Waals surface area contributed by atoms with E-state index in [0.29, 0.717) is 17.0 Å². The second kappa shape index (κ2) is 6.39. The Hall–Kier alpha value is -3.02. The molecule has 1 N–H and O–H groups in total. The molecule has 0 fully saturated rings. The maximum absolute atomic E-state index is 13.3. The molecule has 0 unspecified atom stereocenters. The molecule has 0 saturated carbocycles. The number of para-hydroxylation sites is 1. The van der Waals surface area contributed by atoms with E-state index in [1.54, 1.807) is 25.1 Å². The highest BCUT2D eigenvalue weighted by Crippen LogP contribution is 2.24. The van der Waals surface area contributed by atoms with Crippen molar-refractivity contribution in [2.75, 3.05) is 11.9 Å². The quantitative estimate of drug-likeness (QED) is 0.744. The van der Waals surface area contributed by atoms with Crippen LogP contribution < -0.4 is 5.32 Å². The van der Waals surface area contributed by atoms with E-state index in [-0.39, 0.29) is 18.2 Å². The molecule has 3 aromatic rings. The molecule has 6 heteroatoms. The van der Waals surface area contributed by atoms with Crippen LogP contribution in [0.1, 0.15) is 17.5 Å². The van der Waals surface area contributed by atoms with Gasteiger partial charge >= 0.3 is 5.97 Å². The van der Waals surface area contributed by atoms with Crippen LogP contribution in [-0.2, 0) is 4.74 Å². The first-order valence-corrected chi connectivity index (χ1v) is 7.14. The fraction of sp³-hybridized carbons (Fsp3) is 0.118. The number of ether oxygens (including phenoxy) is 1. The molecule has 3 rings (SSSR count). The van der Waals surface area contributed by atoms with Gasteiger partial charge in [0.05, 0.1) is 12.1 Å². The Morgan fingerprint density at radius 2 is 2.00 bits per heavy atom. The summed E-state index contributed by atoms with van der Waals surface area (Å²) >= 11 is 0. The molecule has 1 heterocycles. The fourth-order valence-electron chi connectivity index (χ4n) is 2.16. The van der Waals surface area contributed by atoms with E-state index in [1.165, 1.54) is 12.1 Å². The molecule has 0 saturated heterocycles. The zero-order chi connectivity index (χ0) is 16.2. The van der Waals surface area contributed by atoms with Crippen molar-refractivity contribution >= 4 is 28.4 Å². The van der Waals surface area contributed by atoms with Gasteiger partial charge in [-0.2, -0.15) is 0 Å². The zero-order valence-corrected chi connectivity index (χ0v) is 12.4. The SMILES string of the molecule is CCOC(=O)c1nc(Nc2cccc(F)c2)c2ccccc2n1. The third-order valence-corrected chi connectivity index (χ3v) is 3.15. The summed E-state index contributed by atoms with van der Waals surface area (Å²) in [6, 6.07) is 13.3. The molecule has 0 spiro atoms. The summed E-state index contributed by atoms with van der Waals surface area (Å²) in [7, 11) is 0. The van der Waals surface area contributed by atoms with Crippen molar-refractivity contribution in [2.45, 2.75) is 6.92 Å². The van der Waals surface area contributed by atoms with E-state index in [0.717, 1.165) is 5.39 Å². The van der Waals surface area contributed by atoms with Crippen LogP contribution in [0.15, 0.2) is 48.5 Å². The van der Waals surface area contributed by atoms with E-state index in [9.17, 15) is 9.18 Å². The van der Waals surface area contributed by atoms with Crippen molar-refractivity contribution in [3.63, 3.8) is 0 Å². The number of carbonyl (C=O) groups excluding carboxylic acids is 1. The lowest BCUT2D eigenvalue weighted by Crippen LogP contribution is -2.11. The number of benzene rings is 2. The Kier molecular flexibility index (Phi) is 4.14. The second-order valence-corrected chi connectivity index (χ2v) is 4.77. The fourth-order valence-corrected chi connectivity index (χ4v) is 2.16. The molecule has 0 aliphatic heterocycles. The summed E-state index contributed by atoms with van der Waals surface area (Å²) < 4.78 is 18.3. The van der Waals surface area contributed by atoms with E-state index in [1.807, 2.05) is 18.2 Å². The van der Waals surface area contributed by atoms with Crippen LogP contribution in [0.4, 0.5) is 15.9 Å². The molecule has 0 aliphatic rings. The minimum atomic E-state index is -0.597. The van der Waals surface area contributed by atoms with Crippen molar-refractivity contribution in [3.8, 4) is 0 Å². The highest BCUT2D eigenvalue weighted by molar-refractivity contribution is 5.95. The molecule has 1 aromatic heterocycles. The maximum Gasteiger partial charge on any atom is 0.376 e. The zero-order valence-electron chi connectivity index (χ0n) is 12.4. The van der Waals surface area contributed by atoms with Crippen molar-refractivity contribution in [1.82, 2.24) is 9.97 Å². The molecule has 0 atom stereocenters.